The van der Waals surface area contributed by atoms with Gasteiger partial charge >= 0.3 is 0 Å². The van der Waals surface area contributed by atoms with Crippen LogP contribution < -0.4 is 11.3 Å². The molecule has 3 N–H and O–H groups in total. The highest BCUT2D eigenvalue weighted by Crippen LogP contribution is 2.40. The maximum atomic E-state index is 5.90. The van der Waals surface area contributed by atoms with Gasteiger partial charge in [-0.2, -0.15) is 0 Å². The molecule has 1 aromatic carbocycles. The van der Waals surface area contributed by atoms with Crippen molar-refractivity contribution in [3.8, 4) is 0 Å². The first-order valence-electron chi connectivity index (χ1n) is 7.56. The molecule has 2 heteroatoms. The zero-order chi connectivity index (χ0) is 14.0. The third-order valence-corrected chi connectivity index (χ3v) is 5.14. The molecular weight excluding hydrogens is 232 g/mol. The predicted molar refractivity (Wildman–Crippen MR) is 81.6 cm³/mol. The van der Waals surface area contributed by atoms with E-state index in [4.69, 9.17) is 5.84 Å². The molecular formula is C17H28N2. The van der Waals surface area contributed by atoms with Crippen LogP contribution in [0.5, 0.6) is 0 Å². The lowest BCUT2D eigenvalue weighted by Crippen LogP contribution is -2.37. The highest BCUT2D eigenvalue weighted by atomic mass is 15.2. The van der Waals surface area contributed by atoms with Crippen LogP contribution in [0.15, 0.2) is 18.2 Å². The molecule has 2 nitrogen and oxygen atoms in total. The first-order valence-corrected chi connectivity index (χ1v) is 7.56. The summed E-state index contributed by atoms with van der Waals surface area (Å²) in [6, 6.07) is 6.83. The molecule has 1 saturated carbocycles. The summed E-state index contributed by atoms with van der Waals surface area (Å²) in [5.41, 5.74) is 7.23. The maximum absolute atomic E-state index is 5.90. The fourth-order valence-corrected chi connectivity index (χ4v) is 3.66. The molecule has 0 aromatic heterocycles. The second-order valence-electron chi connectivity index (χ2n) is 6.48. The number of nitrogens with one attached hydrogen (secondary N) is 1. The second kappa shape index (κ2) is 6.06. The topological polar surface area (TPSA) is 38.0 Å². The Hall–Kier alpha value is -0.860. The molecule has 19 heavy (non-hydrogen) atoms. The number of hydrogen-bond donors (Lipinski definition) is 2. The van der Waals surface area contributed by atoms with Crippen LogP contribution in [0.4, 0.5) is 0 Å². The van der Waals surface area contributed by atoms with Crippen molar-refractivity contribution < 1.29 is 0 Å². The Balaban J connectivity index is 2.25. The van der Waals surface area contributed by atoms with Gasteiger partial charge in [-0.3, -0.25) is 11.3 Å². The van der Waals surface area contributed by atoms with Gasteiger partial charge in [-0.25, -0.2) is 0 Å². The minimum Gasteiger partial charge on any atom is -0.271 e. The third kappa shape index (κ3) is 3.01. The number of benzene rings is 1. The molecule has 106 valence electrons. The number of rotatable bonds is 3. The van der Waals surface area contributed by atoms with Crippen molar-refractivity contribution in [1.29, 1.82) is 0 Å². The first kappa shape index (κ1) is 14.5. The lowest BCUT2D eigenvalue weighted by molar-refractivity contribution is 0.171. The zero-order valence-corrected chi connectivity index (χ0v) is 12.7. The summed E-state index contributed by atoms with van der Waals surface area (Å²) in [6.45, 7) is 9.16. The van der Waals surface area contributed by atoms with Crippen LogP contribution in [0.3, 0.4) is 0 Å². The minimum absolute atomic E-state index is 0.302. The summed E-state index contributed by atoms with van der Waals surface area (Å²) >= 11 is 0. The highest BCUT2D eigenvalue weighted by molar-refractivity contribution is 5.36. The van der Waals surface area contributed by atoms with E-state index in [1.54, 1.807) is 0 Å². The summed E-state index contributed by atoms with van der Waals surface area (Å²) < 4.78 is 0. The molecule has 1 aromatic rings. The summed E-state index contributed by atoms with van der Waals surface area (Å²) in [5, 5.41) is 0. The molecule has 0 aliphatic heterocycles. The van der Waals surface area contributed by atoms with Gasteiger partial charge in [0.2, 0.25) is 0 Å². The van der Waals surface area contributed by atoms with Crippen molar-refractivity contribution in [3.63, 3.8) is 0 Å². The van der Waals surface area contributed by atoms with Gasteiger partial charge in [0.05, 0.1) is 0 Å². The lowest BCUT2D eigenvalue weighted by Gasteiger charge is -2.37. The van der Waals surface area contributed by atoms with Crippen molar-refractivity contribution in [2.24, 2.45) is 23.6 Å². The van der Waals surface area contributed by atoms with Crippen molar-refractivity contribution >= 4 is 0 Å². The Bertz CT molecular complexity index is 407. The van der Waals surface area contributed by atoms with Gasteiger partial charge < -0.3 is 0 Å². The Morgan fingerprint density at radius 3 is 2.26 bits per heavy atom. The van der Waals surface area contributed by atoms with Gasteiger partial charge in [0.15, 0.2) is 0 Å². The lowest BCUT2D eigenvalue weighted by atomic mass is 9.71. The van der Waals surface area contributed by atoms with E-state index in [0.717, 1.165) is 11.8 Å². The predicted octanol–water partition coefficient (Wildman–Crippen LogP) is 3.88. The Kier molecular flexibility index (Phi) is 4.64. The molecule has 0 amide bonds. The van der Waals surface area contributed by atoms with Crippen molar-refractivity contribution in [1.82, 2.24) is 5.43 Å². The molecule has 1 aliphatic rings. The fourth-order valence-electron chi connectivity index (χ4n) is 3.66. The average molecular weight is 260 g/mol. The molecule has 0 bridgehead atoms. The SMILES string of the molecule is Cc1cccc(C)c1C(NN)C1CCC(C)C(C)C1. The van der Waals surface area contributed by atoms with Crippen molar-refractivity contribution in [3.05, 3.63) is 34.9 Å². The van der Waals surface area contributed by atoms with Crippen LogP contribution >= 0.6 is 0 Å². The summed E-state index contributed by atoms with van der Waals surface area (Å²) in [5.74, 6) is 8.23. The molecule has 0 saturated heterocycles. The van der Waals surface area contributed by atoms with Crippen LogP contribution in [0.1, 0.15) is 55.8 Å². The fraction of sp³-hybridized carbons (Fsp3) is 0.647. The molecule has 4 atom stereocenters. The van der Waals surface area contributed by atoms with Gasteiger partial charge in [0, 0.05) is 6.04 Å². The standard InChI is InChI=1S/C17H28N2/c1-11-8-9-15(10-14(11)4)17(19-18)16-12(2)6-5-7-13(16)3/h5-7,11,14-15,17,19H,8-10,18H2,1-4H3. The van der Waals surface area contributed by atoms with E-state index in [-0.39, 0.29) is 0 Å². The molecule has 1 fully saturated rings. The normalized spacial score (nSPS) is 29.2. The van der Waals surface area contributed by atoms with Crippen molar-refractivity contribution in [2.75, 3.05) is 0 Å². The second-order valence-corrected chi connectivity index (χ2v) is 6.48. The molecule has 0 spiro atoms. The molecule has 0 radical (unpaired) electrons. The van der Waals surface area contributed by atoms with Gasteiger partial charge in [0.25, 0.3) is 0 Å². The minimum atomic E-state index is 0.302. The number of nitrogens with two attached hydrogens (primary N) is 1. The number of hydrazine groups is 1. The van der Waals surface area contributed by atoms with E-state index in [2.05, 4.69) is 51.3 Å². The van der Waals surface area contributed by atoms with E-state index in [9.17, 15) is 0 Å². The van der Waals surface area contributed by atoms with Gasteiger partial charge in [-0.1, -0.05) is 38.5 Å². The van der Waals surface area contributed by atoms with Crippen LogP contribution in [0.2, 0.25) is 0 Å². The van der Waals surface area contributed by atoms with E-state index < -0.39 is 0 Å². The maximum Gasteiger partial charge on any atom is 0.0493 e. The molecule has 4 unspecified atom stereocenters. The largest absolute Gasteiger partial charge is 0.271 e. The van der Waals surface area contributed by atoms with Crippen molar-refractivity contribution in [2.45, 2.75) is 53.0 Å². The third-order valence-electron chi connectivity index (χ3n) is 5.14. The monoisotopic (exact) mass is 260 g/mol. The van der Waals surface area contributed by atoms with E-state index in [1.807, 2.05) is 0 Å². The molecule has 2 rings (SSSR count). The average Bonchev–Trinajstić information content (AvgIpc) is 2.37. The van der Waals surface area contributed by atoms with Gasteiger partial charge in [-0.05, 0) is 61.1 Å². The Morgan fingerprint density at radius 2 is 1.74 bits per heavy atom. The summed E-state index contributed by atoms with van der Waals surface area (Å²) in [4.78, 5) is 0. The van der Waals surface area contributed by atoms with Crippen LogP contribution in [-0.2, 0) is 0 Å². The van der Waals surface area contributed by atoms with E-state index in [1.165, 1.54) is 36.0 Å². The first-order chi connectivity index (χ1) is 9.04. The van der Waals surface area contributed by atoms with E-state index in [0.29, 0.717) is 12.0 Å². The molecule has 0 heterocycles. The van der Waals surface area contributed by atoms with E-state index >= 15 is 0 Å². The zero-order valence-electron chi connectivity index (χ0n) is 12.7. The Labute approximate surface area is 117 Å². The van der Waals surface area contributed by atoms with Crippen LogP contribution in [0, 0.1) is 31.6 Å². The summed E-state index contributed by atoms with van der Waals surface area (Å²) in [7, 11) is 0. The summed E-state index contributed by atoms with van der Waals surface area (Å²) in [6.07, 6.45) is 3.90. The van der Waals surface area contributed by atoms with Crippen LogP contribution in [-0.4, -0.2) is 0 Å². The quantitative estimate of drug-likeness (QED) is 0.639. The number of aryl methyl sites for hydroxylation is 2. The Morgan fingerprint density at radius 1 is 1.11 bits per heavy atom. The van der Waals surface area contributed by atoms with Gasteiger partial charge in [0.1, 0.15) is 0 Å². The molecule has 1 aliphatic carbocycles. The number of hydrogen-bond acceptors (Lipinski definition) is 2. The highest BCUT2D eigenvalue weighted by Gasteiger charge is 2.31. The van der Waals surface area contributed by atoms with Crippen LogP contribution in [0.25, 0.3) is 0 Å². The van der Waals surface area contributed by atoms with Gasteiger partial charge in [-0.15, -0.1) is 0 Å². The smallest absolute Gasteiger partial charge is 0.0493 e.